The van der Waals surface area contributed by atoms with E-state index in [2.05, 4.69) is 26.0 Å². The number of halogens is 2. The Labute approximate surface area is 145 Å². The van der Waals surface area contributed by atoms with Gasteiger partial charge in [0.15, 0.2) is 0 Å². The van der Waals surface area contributed by atoms with Crippen LogP contribution in [0.15, 0.2) is 27.6 Å². The zero-order valence-electron chi connectivity index (χ0n) is 12.2. The van der Waals surface area contributed by atoms with E-state index in [0.717, 1.165) is 25.7 Å². The van der Waals surface area contributed by atoms with Crippen LogP contribution in [0.3, 0.4) is 0 Å². The lowest BCUT2D eigenvalue weighted by Crippen LogP contribution is -2.47. The third-order valence-electron chi connectivity index (χ3n) is 4.21. The Kier molecular flexibility index (Phi) is 5.77. The van der Waals surface area contributed by atoms with Crippen molar-refractivity contribution in [1.82, 2.24) is 10.0 Å². The summed E-state index contributed by atoms with van der Waals surface area (Å²) in [6.45, 7) is 0. The summed E-state index contributed by atoms with van der Waals surface area (Å²) in [5.41, 5.74) is 0. The van der Waals surface area contributed by atoms with Gasteiger partial charge in [-0.3, -0.25) is 0 Å². The number of hydrogen-bond acceptors (Lipinski definition) is 4. The van der Waals surface area contributed by atoms with Crippen molar-refractivity contribution in [3.63, 3.8) is 0 Å². The predicted molar refractivity (Wildman–Crippen MR) is 91.2 cm³/mol. The number of ether oxygens (including phenoxy) is 1. The maximum atomic E-state index is 12.6. The standard InChI is InChI=1S/C14H19BrN2O3S.ClH/c1-20-13-5-2-9(15)6-14(13)21(18,19)17-12-7-10-3-4-11(8-12)16-10;/h2,5-6,10-12,16-17H,3-4,7-8H2,1H3;1H. The third-order valence-corrected chi connectivity index (χ3v) is 6.25. The van der Waals surface area contributed by atoms with Gasteiger partial charge in [0.1, 0.15) is 10.6 Å². The molecule has 2 aliphatic rings. The molecular weight excluding hydrogens is 392 g/mol. The van der Waals surface area contributed by atoms with E-state index in [1.54, 1.807) is 18.2 Å². The lowest BCUT2D eigenvalue weighted by Gasteiger charge is -2.29. The van der Waals surface area contributed by atoms with E-state index in [4.69, 9.17) is 4.74 Å². The zero-order chi connectivity index (χ0) is 15.0. The van der Waals surface area contributed by atoms with E-state index in [0.29, 0.717) is 22.3 Å². The largest absolute Gasteiger partial charge is 0.495 e. The second kappa shape index (κ2) is 7.05. The Morgan fingerprint density at radius 1 is 1.27 bits per heavy atom. The average molecular weight is 412 g/mol. The summed E-state index contributed by atoms with van der Waals surface area (Å²) < 4.78 is 34.0. The zero-order valence-corrected chi connectivity index (χ0v) is 15.4. The molecule has 8 heteroatoms. The molecule has 2 heterocycles. The van der Waals surface area contributed by atoms with Crippen molar-refractivity contribution in [2.75, 3.05) is 7.11 Å². The average Bonchev–Trinajstić information content (AvgIpc) is 2.77. The minimum absolute atomic E-state index is 0. The molecular formula is C14H20BrClN2O3S. The molecule has 2 atom stereocenters. The molecule has 22 heavy (non-hydrogen) atoms. The SMILES string of the molecule is COc1ccc(Br)cc1S(=O)(=O)NC1CC2CCC(C1)N2.Cl. The van der Waals surface area contributed by atoms with Gasteiger partial charge < -0.3 is 10.1 Å². The molecule has 3 rings (SSSR count). The first-order valence-corrected chi connectivity index (χ1v) is 9.37. The van der Waals surface area contributed by atoms with Crippen molar-refractivity contribution in [1.29, 1.82) is 0 Å². The normalized spacial score (nSPS) is 27.3. The molecule has 2 bridgehead atoms. The summed E-state index contributed by atoms with van der Waals surface area (Å²) in [7, 11) is -2.10. The number of fused-ring (bicyclic) bond motifs is 2. The molecule has 0 aromatic heterocycles. The van der Waals surface area contributed by atoms with Crippen LogP contribution in [0.5, 0.6) is 5.75 Å². The molecule has 0 aliphatic carbocycles. The number of piperidine rings is 1. The van der Waals surface area contributed by atoms with Gasteiger partial charge in [-0.15, -0.1) is 12.4 Å². The fourth-order valence-electron chi connectivity index (χ4n) is 3.30. The van der Waals surface area contributed by atoms with E-state index in [1.165, 1.54) is 7.11 Å². The monoisotopic (exact) mass is 410 g/mol. The number of sulfonamides is 1. The van der Waals surface area contributed by atoms with Crippen molar-refractivity contribution in [2.45, 2.75) is 48.7 Å². The molecule has 0 amide bonds. The Hall–Kier alpha value is -0.340. The van der Waals surface area contributed by atoms with Gasteiger partial charge in [-0.1, -0.05) is 15.9 Å². The summed E-state index contributed by atoms with van der Waals surface area (Å²) in [5.74, 6) is 0.364. The molecule has 2 aliphatic heterocycles. The van der Waals surface area contributed by atoms with Crippen LogP contribution in [0.25, 0.3) is 0 Å². The van der Waals surface area contributed by atoms with Crippen molar-refractivity contribution < 1.29 is 13.2 Å². The van der Waals surface area contributed by atoms with Crippen LogP contribution >= 0.6 is 28.3 Å². The van der Waals surface area contributed by atoms with Gasteiger partial charge in [0, 0.05) is 22.6 Å². The molecule has 124 valence electrons. The number of methoxy groups -OCH3 is 1. The lowest BCUT2D eigenvalue weighted by molar-refractivity contribution is 0.344. The molecule has 0 radical (unpaired) electrons. The second-order valence-electron chi connectivity index (χ2n) is 5.72. The molecule has 0 saturated carbocycles. The first-order valence-electron chi connectivity index (χ1n) is 7.10. The fraction of sp³-hybridized carbons (Fsp3) is 0.571. The van der Waals surface area contributed by atoms with Gasteiger partial charge in [-0.2, -0.15) is 0 Å². The third kappa shape index (κ3) is 3.76. The molecule has 1 aromatic carbocycles. The Morgan fingerprint density at radius 2 is 1.91 bits per heavy atom. The summed E-state index contributed by atoms with van der Waals surface area (Å²) >= 11 is 3.31. The van der Waals surface area contributed by atoms with Crippen molar-refractivity contribution in [3.05, 3.63) is 22.7 Å². The molecule has 2 N–H and O–H groups in total. The number of hydrogen-bond donors (Lipinski definition) is 2. The molecule has 0 spiro atoms. The second-order valence-corrected chi connectivity index (χ2v) is 8.32. The van der Waals surface area contributed by atoms with Gasteiger partial charge >= 0.3 is 0 Å². The summed E-state index contributed by atoms with van der Waals surface area (Å²) in [5, 5.41) is 3.51. The van der Waals surface area contributed by atoms with E-state index >= 15 is 0 Å². The van der Waals surface area contributed by atoms with E-state index < -0.39 is 10.0 Å². The Morgan fingerprint density at radius 3 is 2.50 bits per heavy atom. The van der Waals surface area contributed by atoms with Crippen LogP contribution in [0.4, 0.5) is 0 Å². The molecule has 2 fully saturated rings. The van der Waals surface area contributed by atoms with Gasteiger partial charge in [-0.05, 0) is 43.9 Å². The minimum Gasteiger partial charge on any atom is -0.495 e. The first-order chi connectivity index (χ1) is 9.98. The topological polar surface area (TPSA) is 67.4 Å². The maximum Gasteiger partial charge on any atom is 0.244 e. The summed E-state index contributed by atoms with van der Waals surface area (Å²) in [6, 6.07) is 5.89. The summed E-state index contributed by atoms with van der Waals surface area (Å²) in [6.07, 6.45) is 3.99. The fourth-order valence-corrected chi connectivity index (χ4v) is 5.27. The van der Waals surface area contributed by atoms with Crippen LogP contribution < -0.4 is 14.8 Å². The van der Waals surface area contributed by atoms with Crippen LogP contribution in [0.1, 0.15) is 25.7 Å². The van der Waals surface area contributed by atoms with Crippen LogP contribution in [-0.2, 0) is 10.0 Å². The van der Waals surface area contributed by atoms with E-state index in [-0.39, 0.29) is 23.3 Å². The quantitative estimate of drug-likeness (QED) is 0.798. The number of benzene rings is 1. The Balaban J connectivity index is 0.00000176. The number of nitrogens with one attached hydrogen (secondary N) is 2. The highest BCUT2D eigenvalue weighted by Gasteiger charge is 2.35. The predicted octanol–water partition coefficient (Wildman–Crippen LogP) is 2.44. The lowest BCUT2D eigenvalue weighted by atomic mass is 10.0. The maximum absolute atomic E-state index is 12.6. The van der Waals surface area contributed by atoms with Crippen molar-refractivity contribution in [2.24, 2.45) is 0 Å². The molecule has 2 unspecified atom stereocenters. The van der Waals surface area contributed by atoms with Gasteiger partial charge in [-0.25, -0.2) is 13.1 Å². The van der Waals surface area contributed by atoms with Crippen molar-refractivity contribution in [3.8, 4) is 5.75 Å². The van der Waals surface area contributed by atoms with E-state index in [9.17, 15) is 8.42 Å². The molecule has 5 nitrogen and oxygen atoms in total. The van der Waals surface area contributed by atoms with Crippen LogP contribution in [0.2, 0.25) is 0 Å². The highest BCUT2D eigenvalue weighted by molar-refractivity contribution is 9.10. The van der Waals surface area contributed by atoms with Gasteiger partial charge in [0.25, 0.3) is 0 Å². The first kappa shape index (κ1) is 18.0. The van der Waals surface area contributed by atoms with Gasteiger partial charge in [0.2, 0.25) is 10.0 Å². The van der Waals surface area contributed by atoms with Crippen LogP contribution in [-0.4, -0.2) is 33.7 Å². The highest BCUT2D eigenvalue weighted by Crippen LogP contribution is 2.30. The van der Waals surface area contributed by atoms with E-state index in [1.807, 2.05) is 0 Å². The molecule has 2 saturated heterocycles. The Bertz CT molecular complexity index is 629. The number of rotatable bonds is 4. The van der Waals surface area contributed by atoms with Gasteiger partial charge in [0.05, 0.1) is 7.11 Å². The minimum atomic E-state index is -3.58. The smallest absolute Gasteiger partial charge is 0.244 e. The van der Waals surface area contributed by atoms with Crippen LogP contribution in [0, 0.1) is 0 Å². The van der Waals surface area contributed by atoms with Crippen molar-refractivity contribution >= 4 is 38.4 Å². The summed E-state index contributed by atoms with van der Waals surface area (Å²) in [4.78, 5) is 0.185. The molecule has 1 aromatic rings. The highest BCUT2D eigenvalue weighted by atomic mass is 79.9.